The van der Waals surface area contributed by atoms with Gasteiger partial charge in [0.15, 0.2) is 0 Å². The molecule has 0 bridgehead atoms. The third kappa shape index (κ3) is 5.30. The van der Waals surface area contributed by atoms with E-state index in [2.05, 4.69) is 25.4 Å². The maximum Gasteiger partial charge on any atom is 0.258 e. The van der Waals surface area contributed by atoms with Crippen molar-refractivity contribution in [1.29, 1.82) is 0 Å². The van der Waals surface area contributed by atoms with Gasteiger partial charge in [0.1, 0.15) is 5.75 Å². The number of rotatable bonds is 8. The van der Waals surface area contributed by atoms with Crippen molar-refractivity contribution < 1.29 is 9.53 Å². The van der Waals surface area contributed by atoms with Crippen molar-refractivity contribution in [2.75, 3.05) is 23.9 Å². The van der Waals surface area contributed by atoms with Crippen LogP contribution in [0.5, 0.6) is 5.75 Å². The first-order valence-electron chi connectivity index (χ1n) is 10.3. The molecule has 2 aromatic heterocycles. The Morgan fingerprint density at radius 2 is 1.88 bits per heavy atom. The Balaban J connectivity index is 1.53. The third-order valence-corrected chi connectivity index (χ3v) is 6.19. The predicted molar refractivity (Wildman–Crippen MR) is 132 cm³/mol. The SMILES string of the molecule is CCN(Cc1ccc(Cl)cc1)c1nnc(NC(=O)c2ccncc2-c2ccccc2OC)s1. The van der Waals surface area contributed by atoms with Gasteiger partial charge >= 0.3 is 0 Å². The van der Waals surface area contributed by atoms with E-state index in [9.17, 15) is 4.79 Å². The molecule has 0 atom stereocenters. The molecule has 1 N–H and O–H groups in total. The third-order valence-electron chi connectivity index (χ3n) is 5.04. The fraction of sp³-hybridized carbons (Fsp3) is 0.167. The average molecular weight is 480 g/mol. The maximum absolute atomic E-state index is 13.1. The molecular weight excluding hydrogens is 458 g/mol. The maximum atomic E-state index is 13.1. The van der Waals surface area contributed by atoms with Gasteiger partial charge in [-0.2, -0.15) is 0 Å². The van der Waals surface area contributed by atoms with Crippen molar-refractivity contribution in [1.82, 2.24) is 15.2 Å². The van der Waals surface area contributed by atoms with Crippen LogP contribution in [0.1, 0.15) is 22.8 Å². The fourth-order valence-corrected chi connectivity index (χ4v) is 4.29. The highest BCUT2D eigenvalue weighted by Gasteiger charge is 2.18. The summed E-state index contributed by atoms with van der Waals surface area (Å²) in [6, 6.07) is 16.9. The summed E-state index contributed by atoms with van der Waals surface area (Å²) in [7, 11) is 1.60. The van der Waals surface area contributed by atoms with Gasteiger partial charge < -0.3 is 9.64 Å². The Bertz CT molecular complexity index is 1250. The largest absolute Gasteiger partial charge is 0.496 e. The number of halogens is 1. The van der Waals surface area contributed by atoms with E-state index in [1.165, 1.54) is 11.3 Å². The van der Waals surface area contributed by atoms with E-state index in [0.717, 1.165) is 22.8 Å². The zero-order valence-electron chi connectivity index (χ0n) is 18.2. The summed E-state index contributed by atoms with van der Waals surface area (Å²) in [5, 5.41) is 13.2. The molecule has 0 saturated carbocycles. The van der Waals surface area contributed by atoms with Crippen molar-refractivity contribution in [3.05, 3.63) is 83.1 Å². The second-order valence-corrected chi connectivity index (χ2v) is 8.50. The second-order valence-electron chi connectivity index (χ2n) is 7.11. The van der Waals surface area contributed by atoms with Gasteiger partial charge in [-0.1, -0.05) is 53.3 Å². The zero-order chi connectivity index (χ0) is 23.2. The number of para-hydroxylation sites is 1. The van der Waals surface area contributed by atoms with Crippen molar-refractivity contribution >= 4 is 39.1 Å². The van der Waals surface area contributed by atoms with Crippen LogP contribution < -0.4 is 15.0 Å². The second kappa shape index (κ2) is 10.4. The number of ether oxygens (including phenoxy) is 1. The first-order chi connectivity index (χ1) is 16.1. The van der Waals surface area contributed by atoms with Crippen molar-refractivity contribution in [3.8, 4) is 16.9 Å². The molecular formula is C24H22ClN5O2S. The number of nitrogens with one attached hydrogen (secondary N) is 1. The Morgan fingerprint density at radius 1 is 1.09 bits per heavy atom. The zero-order valence-corrected chi connectivity index (χ0v) is 19.7. The summed E-state index contributed by atoms with van der Waals surface area (Å²) in [4.78, 5) is 19.4. The molecule has 0 fully saturated rings. The summed E-state index contributed by atoms with van der Waals surface area (Å²) in [6.45, 7) is 3.46. The molecule has 4 aromatic rings. The highest BCUT2D eigenvalue weighted by molar-refractivity contribution is 7.19. The molecule has 9 heteroatoms. The van der Waals surface area contributed by atoms with Gasteiger partial charge in [0.05, 0.1) is 12.7 Å². The molecule has 0 unspecified atom stereocenters. The van der Waals surface area contributed by atoms with Crippen LogP contribution in [0.3, 0.4) is 0 Å². The van der Waals surface area contributed by atoms with E-state index in [1.807, 2.05) is 55.5 Å². The summed E-state index contributed by atoms with van der Waals surface area (Å²) in [5.41, 5.74) is 3.05. The van der Waals surface area contributed by atoms with Crippen LogP contribution in [0, 0.1) is 0 Å². The van der Waals surface area contributed by atoms with E-state index in [4.69, 9.17) is 16.3 Å². The number of hydrogen-bond donors (Lipinski definition) is 1. The highest BCUT2D eigenvalue weighted by Crippen LogP contribution is 2.32. The van der Waals surface area contributed by atoms with Gasteiger partial charge in [-0.25, -0.2) is 0 Å². The van der Waals surface area contributed by atoms with Gasteiger partial charge in [-0.05, 0) is 36.8 Å². The quantitative estimate of drug-likeness (QED) is 0.357. The van der Waals surface area contributed by atoms with Gasteiger partial charge in [0, 0.05) is 41.6 Å². The lowest BCUT2D eigenvalue weighted by atomic mass is 10.0. The minimum atomic E-state index is -0.290. The van der Waals surface area contributed by atoms with E-state index in [1.54, 1.807) is 25.6 Å². The van der Waals surface area contributed by atoms with Gasteiger partial charge in [0.2, 0.25) is 10.3 Å². The Kier molecular flexibility index (Phi) is 7.16. The van der Waals surface area contributed by atoms with Crippen LogP contribution >= 0.6 is 22.9 Å². The average Bonchev–Trinajstić information content (AvgIpc) is 3.31. The van der Waals surface area contributed by atoms with Crippen LogP contribution in [-0.4, -0.2) is 34.7 Å². The van der Waals surface area contributed by atoms with E-state index in [-0.39, 0.29) is 5.91 Å². The van der Waals surface area contributed by atoms with E-state index < -0.39 is 0 Å². The predicted octanol–water partition coefficient (Wildman–Crippen LogP) is 5.54. The number of benzene rings is 2. The summed E-state index contributed by atoms with van der Waals surface area (Å²) in [5.74, 6) is 0.375. The number of nitrogens with zero attached hydrogens (tertiary/aromatic N) is 4. The molecule has 33 heavy (non-hydrogen) atoms. The summed E-state index contributed by atoms with van der Waals surface area (Å²) >= 11 is 7.31. The molecule has 0 aliphatic rings. The van der Waals surface area contributed by atoms with E-state index in [0.29, 0.717) is 33.6 Å². The smallest absolute Gasteiger partial charge is 0.258 e. The van der Waals surface area contributed by atoms with Crippen molar-refractivity contribution in [2.24, 2.45) is 0 Å². The van der Waals surface area contributed by atoms with Crippen LogP contribution in [0.25, 0.3) is 11.1 Å². The topological polar surface area (TPSA) is 80.2 Å². The van der Waals surface area contributed by atoms with Crippen LogP contribution in [0.2, 0.25) is 5.02 Å². The Hall–Kier alpha value is -3.49. The molecule has 0 aliphatic carbocycles. The molecule has 0 radical (unpaired) electrons. The number of amides is 1. The molecule has 168 valence electrons. The fourth-order valence-electron chi connectivity index (χ4n) is 3.36. The number of carbonyl (C=O) groups is 1. The first-order valence-corrected chi connectivity index (χ1v) is 11.5. The standard InChI is InChI=1S/C24H22ClN5O2S/c1-3-30(15-16-8-10-17(25)11-9-16)24-29-28-23(33-24)27-22(31)19-12-13-26-14-20(19)18-6-4-5-7-21(18)32-2/h4-14H,3,15H2,1-2H3,(H,27,28,31). The summed E-state index contributed by atoms with van der Waals surface area (Å²) < 4.78 is 5.46. The van der Waals surface area contributed by atoms with Gasteiger partial charge in [0.25, 0.3) is 5.91 Å². The minimum Gasteiger partial charge on any atom is -0.496 e. The Labute approximate surface area is 201 Å². The lowest BCUT2D eigenvalue weighted by molar-refractivity contribution is 0.102. The van der Waals surface area contributed by atoms with Gasteiger partial charge in [-0.3, -0.25) is 15.1 Å². The highest BCUT2D eigenvalue weighted by atomic mass is 35.5. The van der Waals surface area contributed by atoms with Gasteiger partial charge in [-0.15, -0.1) is 10.2 Å². The number of anilines is 2. The van der Waals surface area contributed by atoms with Crippen LogP contribution in [0.4, 0.5) is 10.3 Å². The lowest BCUT2D eigenvalue weighted by Gasteiger charge is -2.19. The molecule has 2 aromatic carbocycles. The van der Waals surface area contributed by atoms with Crippen molar-refractivity contribution in [3.63, 3.8) is 0 Å². The molecule has 1 amide bonds. The number of aromatic nitrogens is 3. The normalized spacial score (nSPS) is 10.6. The number of hydrogen-bond acceptors (Lipinski definition) is 7. The first kappa shape index (κ1) is 22.7. The molecule has 2 heterocycles. The number of methoxy groups -OCH3 is 1. The number of pyridine rings is 1. The minimum absolute atomic E-state index is 0.290. The molecule has 4 rings (SSSR count). The van der Waals surface area contributed by atoms with Crippen LogP contribution in [-0.2, 0) is 6.54 Å². The Morgan fingerprint density at radius 3 is 2.64 bits per heavy atom. The molecule has 0 aliphatic heterocycles. The van der Waals surface area contributed by atoms with Crippen LogP contribution in [0.15, 0.2) is 67.0 Å². The molecule has 0 saturated heterocycles. The molecule has 7 nitrogen and oxygen atoms in total. The molecule has 0 spiro atoms. The monoisotopic (exact) mass is 479 g/mol. The summed E-state index contributed by atoms with van der Waals surface area (Å²) in [6.07, 6.45) is 3.24. The van der Waals surface area contributed by atoms with E-state index >= 15 is 0 Å². The van der Waals surface area contributed by atoms with Crippen molar-refractivity contribution in [2.45, 2.75) is 13.5 Å². The number of carbonyl (C=O) groups excluding carboxylic acids is 1. The lowest BCUT2D eigenvalue weighted by Crippen LogP contribution is -2.21.